The second kappa shape index (κ2) is 6.38. The van der Waals surface area contributed by atoms with Crippen molar-refractivity contribution in [2.24, 2.45) is 0 Å². The first-order valence-corrected chi connectivity index (χ1v) is 7.47. The molecule has 0 radical (unpaired) electrons. The van der Waals surface area contributed by atoms with Crippen LogP contribution >= 0.6 is 0 Å². The molecule has 1 aromatic carbocycles. The number of hydrogen-bond donors (Lipinski definition) is 1. The van der Waals surface area contributed by atoms with Crippen molar-refractivity contribution < 1.29 is 23.5 Å². The van der Waals surface area contributed by atoms with Crippen LogP contribution in [0.25, 0.3) is 0 Å². The van der Waals surface area contributed by atoms with E-state index in [-0.39, 0.29) is 17.2 Å². The summed E-state index contributed by atoms with van der Waals surface area (Å²) in [6, 6.07) is 2.78. The van der Waals surface area contributed by atoms with Crippen LogP contribution < -0.4 is 0 Å². The molecule has 1 aliphatic rings. The molecule has 0 unspecified atom stereocenters. The molecule has 2 heterocycles. The van der Waals surface area contributed by atoms with E-state index in [1.165, 1.54) is 17.3 Å². The third-order valence-corrected chi connectivity index (χ3v) is 4.13. The Morgan fingerprint density at radius 2 is 1.92 bits per heavy atom. The number of carbonyl (C=O) groups excluding carboxylic acids is 1. The zero-order valence-corrected chi connectivity index (χ0v) is 12.7. The number of carboxylic acids is 1. The van der Waals surface area contributed by atoms with Crippen LogP contribution in [0.1, 0.15) is 39.6 Å². The molecule has 1 saturated heterocycles. The minimum Gasteiger partial charge on any atom is -0.478 e. The third kappa shape index (κ3) is 3.12. The zero-order valence-electron chi connectivity index (χ0n) is 12.7. The van der Waals surface area contributed by atoms with Crippen molar-refractivity contribution in [1.82, 2.24) is 14.7 Å². The van der Waals surface area contributed by atoms with Crippen molar-refractivity contribution in [2.75, 3.05) is 13.1 Å². The molecule has 3 rings (SSSR count). The molecule has 24 heavy (non-hydrogen) atoms. The van der Waals surface area contributed by atoms with Gasteiger partial charge in [0.2, 0.25) is 0 Å². The Balaban J connectivity index is 1.67. The fraction of sp³-hybridized carbons (Fsp3) is 0.312. The quantitative estimate of drug-likeness (QED) is 0.934. The molecule has 0 saturated carbocycles. The molecular formula is C16H15F2N3O3. The molecule has 2 aromatic rings. The molecule has 8 heteroatoms. The van der Waals surface area contributed by atoms with E-state index in [9.17, 15) is 18.4 Å². The van der Waals surface area contributed by atoms with Crippen molar-refractivity contribution in [3.05, 3.63) is 53.4 Å². The van der Waals surface area contributed by atoms with E-state index in [2.05, 4.69) is 5.10 Å². The standard InChI is InChI=1S/C16H15F2N3O3/c17-11-1-2-14(18)13(7-11)15(22)20-5-3-12(4-6-20)21-9-10(8-19-21)16(23)24/h1-2,7-9,12H,3-6H2,(H,23,24). The molecule has 0 bridgehead atoms. The topological polar surface area (TPSA) is 75.4 Å². The minimum absolute atomic E-state index is 0.0282. The van der Waals surface area contributed by atoms with Crippen molar-refractivity contribution in [2.45, 2.75) is 18.9 Å². The molecule has 126 valence electrons. The normalized spacial score (nSPS) is 15.5. The molecule has 1 N–H and O–H groups in total. The highest BCUT2D eigenvalue weighted by Crippen LogP contribution is 2.24. The number of nitrogens with zero attached hydrogens (tertiary/aromatic N) is 3. The molecule has 1 aromatic heterocycles. The van der Waals surface area contributed by atoms with E-state index in [1.807, 2.05) is 0 Å². The van der Waals surface area contributed by atoms with Gasteiger partial charge >= 0.3 is 5.97 Å². The lowest BCUT2D eigenvalue weighted by molar-refractivity contribution is 0.0683. The van der Waals surface area contributed by atoms with Crippen LogP contribution in [-0.2, 0) is 0 Å². The number of aromatic carboxylic acids is 1. The number of likely N-dealkylation sites (tertiary alicyclic amines) is 1. The third-order valence-electron chi connectivity index (χ3n) is 4.13. The van der Waals surface area contributed by atoms with E-state index >= 15 is 0 Å². The molecule has 0 aliphatic carbocycles. The number of rotatable bonds is 3. The molecule has 0 atom stereocenters. The van der Waals surface area contributed by atoms with Gasteiger partial charge in [0.1, 0.15) is 11.6 Å². The first-order chi connectivity index (χ1) is 11.5. The maximum absolute atomic E-state index is 13.7. The number of benzene rings is 1. The highest BCUT2D eigenvalue weighted by molar-refractivity contribution is 5.94. The van der Waals surface area contributed by atoms with Gasteiger partial charge in [0.15, 0.2) is 0 Å². The van der Waals surface area contributed by atoms with Gasteiger partial charge in [0.05, 0.1) is 23.4 Å². The Kier molecular flexibility index (Phi) is 4.28. The van der Waals surface area contributed by atoms with Crippen molar-refractivity contribution in [3.63, 3.8) is 0 Å². The Labute approximate surface area is 136 Å². The van der Waals surface area contributed by atoms with Crippen LogP contribution in [0.3, 0.4) is 0 Å². The summed E-state index contributed by atoms with van der Waals surface area (Å²) < 4.78 is 28.5. The molecule has 0 spiro atoms. The second-order valence-corrected chi connectivity index (χ2v) is 5.66. The maximum atomic E-state index is 13.7. The minimum atomic E-state index is -1.05. The number of aromatic nitrogens is 2. The molecule has 1 fully saturated rings. The lowest BCUT2D eigenvalue weighted by Gasteiger charge is -2.32. The number of carbonyl (C=O) groups is 2. The van der Waals surface area contributed by atoms with Crippen LogP contribution in [0.5, 0.6) is 0 Å². The van der Waals surface area contributed by atoms with Crippen LogP contribution in [0.15, 0.2) is 30.6 Å². The van der Waals surface area contributed by atoms with E-state index in [0.717, 1.165) is 18.2 Å². The summed E-state index contributed by atoms with van der Waals surface area (Å²) >= 11 is 0. The molecular weight excluding hydrogens is 320 g/mol. The second-order valence-electron chi connectivity index (χ2n) is 5.66. The number of piperidine rings is 1. The van der Waals surface area contributed by atoms with Crippen LogP contribution in [0, 0.1) is 11.6 Å². The van der Waals surface area contributed by atoms with Crippen molar-refractivity contribution in [1.29, 1.82) is 0 Å². The maximum Gasteiger partial charge on any atom is 0.338 e. The average molecular weight is 335 g/mol. The number of carboxylic acid groups (broad SMARTS) is 1. The van der Waals surface area contributed by atoms with Crippen molar-refractivity contribution in [3.8, 4) is 0 Å². The lowest BCUT2D eigenvalue weighted by atomic mass is 10.0. The van der Waals surface area contributed by atoms with Crippen LogP contribution in [-0.4, -0.2) is 44.8 Å². The van der Waals surface area contributed by atoms with Gasteiger partial charge in [-0.1, -0.05) is 0 Å². The van der Waals surface area contributed by atoms with Gasteiger partial charge in [-0.3, -0.25) is 9.48 Å². The molecule has 6 nitrogen and oxygen atoms in total. The highest BCUT2D eigenvalue weighted by Gasteiger charge is 2.27. The lowest BCUT2D eigenvalue weighted by Crippen LogP contribution is -2.39. The first-order valence-electron chi connectivity index (χ1n) is 7.47. The molecule has 1 amide bonds. The fourth-order valence-electron chi connectivity index (χ4n) is 2.81. The highest BCUT2D eigenvalue weighted by atomic mass is 19.1. The summed E-state index contributed by atoms with van der Waals surface area (Å²) in [6.07, 6.45) is 3.85. The van der Waals surface area contributed by atoms with Gasteiger partial charge in [-0.05, 0) is 31.0 Å². The van der Waals surface area contributed by atoms with Gasteiger partial charge in [0, 0.05) is 19.3 Å². The van der Waals surface area contributed by atoms with Crippen LogP contribution in [0.2, 0.25) is 0 Å². The summed E-state index contributed by atoms with van der Waals surface area (Å²) in [5, 5.41) is 13.0. The van der Waals surface area contributed by atoms with Gasteiger partial charge in [-0.2, -0.15) is 5.10 Å². The number of halogens is 2. The largest absolute Gasteiger partial charge is 0.478 e. The Morgan fingerprint density at radius 1 is 1.21 bits per heavy atom. The summed E-state index contributed by atoms with van der Waals surface area (Å²) in [5.74, 6) is -3.00. The smallest absolute Gasteiger partial charge is 0.338 e. The first kappa shape index (κ1) is 16.1. The summed E-state index contributed by atoms with van der Waals surface area (Å²) in [7, 11) is 0. The van der Waals surface area contributed by atoms with Crippen LogP contribution in [0.4, 0.5) is 8.78 Å². The van der Waals surface area contributed by atoms with E-state index in [0.29, 0.717) is 25.9 Å². The predicted molar refractivity (Wildman–Crippen MR) is 79.7 cm³/mol. The fourth-order valence-corrected chi connectivity index (χ4v) is 2.81. The zero-order chi connectivity index (χ0) is 17.3. The Hall–Kier alpha value is -2.77. The van der Waals surface area contributed by atoms with E-state index < -0.39 is 23.5 Å². The van der Waals surface area contributed by atoms with E-state index in [1.54, 1.807) is 4.68 Å². The monoisotopic (exact) mass is 335 g/mol. The SMILES string of the molecule is O=C(O)c1cnn(C2CCN(C(=O)c3cc(F)ccc3F)CC2)c1. The predicted octanol–water partition coefficient (Wildman–Crippen LogP) is 2.34. The average Bonchev–Trinajstić information content (AvgIpc) is 3.07. The molecule has 1 aliphatic heterocycles. The van der Waals surface area contributed by atoms with Gasteiger partial charge in [-0.25, -0.2) is 13.6 Å². The summed E-state index contributed by atoms with van der Waals surface area (Å²) in [4.78, 5) is 24.7. The van der Waals surface area contributed by atoms with Crippen molar-refractivity contribution >= 4 is 11.9 Å². The van der Waals surface area contributed by atoms with Gasteiger partial charge in [0.25, 0.3) is 5.91 Å². The Bertz CT molecular complexity index is 783. The number of hydrogen-bond acceptors (Lipinski definition) is 3. The summed E-state index contributed by atoms with van der Waals surface area (Å²) in [5.41, 5.74) is -0.170. The van der Waals surface area contributed by atoms with E-state index in [4.69, 9.17) is 5.11 Å². The van der Waals surface area contributed by atoms with Gasteiger partial charge in [-0.15, -0.1) is 0 Å². The summed E-state index contributed by atoms with van der Waals surface area (Å²) in [6.45, 7) is 0.726. The Morgan fingerprint density at radius 3 is 2.54 bits per heavy atom. The number of amides is 1. The van der Waals surface area contributed by atoms with Gasteiger partial charge < -0.3 is 10.0 Å².